The summed E-state index contributed by atoms with van der Waals surface area (Å²) in [5.74, 6) is -0.197. The molecular formula is C24H32FN5OS. The summed E-state index contributed by atoms with van der Waals surface area (Å²) < 4.78 is 14.9. The minimum absolute atomic E-state index is 0.0182. The summed E-state index contributed by atoms with van der Waals surface area (Å²) in [6.45, 7) is 13.4. The molecule has 32 heavy (non-hydrogen) atoms. The smallest absolute Gasteiger partial charge is 0.250 e. The fraction of sp³-hybridized carbons (Fsp3) is 0.500. The van der Waals surface area contributed by atoms with Crippen molar-refractivity contribution in [1.29, 1.82) is 0 Å². The maximum atomic E-state index is 14.9. The SMILES string of the molecule is CCCN1c2cc(F)c(/C=N\NC(=O)CSc3nc(C)cc(C)n3)cc2C(C)CC1(C)C. The second-order valence-corrected chi connectivity index (χ2v) is 9.96. The number of halogens is 1. The molecular weight excluding hydrogens is 425 g/mol. The third-order valence-corrected chi connectivity index (χ3v) is 6.49. The lowest BCUT2D eigenvalue weighted by atomic mass is 9.79. The summed E-state index contributed by atoms with van der Waals surface area (Å²) in [4.78, 5) is 23.0. The van der Waals surface area contributed by atoms with Gasteiger partial charge < -0.3 is 4.90 Å². The van der Waals surface area contributed by atoms with E-state index in [1.165, 1.54) is 18.0 Å². The Morgan fingerprint density at radius 2 is 2.00 bits per heavy atom. The molecule has 1 atom stereocenters. The van der Waals surface area contributed by atoms with Crippen LogP contribution in [0.3, 0.4) is 0 Å². The topological polar surface area (TPSA) is 70.5 Å². The minimum atomic E-state index is -0.342. The van der Waals surface area contributed by atoms with Crippen molar-refractivity contribution < 1.29 is 9.18 Å². The van der Waals surface area contributed by atoms with Gasteiger partial charge in [-0.15, -0.1) is 0 Å². The van der Waals surface area contributed by atoms with Gasteiger partial charge in [0.05, 0.1) is 12.0 Å². The third-order valence-electron chi connectivity index (χ3n) is 5.64. The molecule has 1 aromatic carbocycles. The highest BCUT2D eigenvalue weighted by molar-refractivity contribution is 7.99. The lowest BCUT2D eigenvalue weighted by Gasteiger charge is -2.47. The van der Waals surface area contributed by atoms with Crippen molar-refractivity contribution in [2.24, 2.45) is 5.10 Å². The second kappa shape index (κ2) is 9.98. The van der Waals surface area contributed by atoms with Gasteiger partial charge in [-0.2, -0.15) is 5.10 Å². The number of carbonyl (C=O) groups is 1. The van der Waals surface area contributed by atoms with Crippen LogP contribution >= 0.6 is 11.8 Å². The van der Waals surface area contributed by atoms with Gasteiger partial charge in [0.15, 0.2) is 5.16 Å². The van der Waals surface area contributed by atoms with Crippen molar-refractivity contribution >= 4 is 29.6 Å². The van der Waals surface area contributed by atoms with E-state index >= 15 is 0 Å². The van der Waals surface area contributed by atoms with Crippen molar-refractivity contribution in [1.82, 2.24) is 15.4 Å². The van der Waals surface area contributed by atoms with Crippen LogP contribution in [0.2, 0.25) is 0 Å². The Bertz CT molecular complexity index is 1000. The largest absolute Gasteiger partial charge is 0.366 e. The Labute approximate surface area is 194 Å². The Balaban J connectivity index is 1.68. The highest BCUT2D eigenvalue weighted by Gasteiger charge is 2.36. The lowest BCUT2D eigenvalue weighted by molar-refractivity contribution is -0.118. The van der Waals surface area contributed by atoms with E-state index in [1.807, 2.05) is 26.0 Å². The molecule has 8 heteroatoms. The van der Waals surface area contributed by atoms with Crippen molar-refractivity contribution in [3.8, 4) is 0 Å². The monoisotopic (exact) mass is 457 g/mol. The first-order chi connectivity index (χ1) is 15.1. The number of thioether (sulfide) groups is 1. The van der Waals surface area contributed by atoms with Gasteiger partial charge >= 0.3 is 0 Å². The standard InChI is InChI=1S/C24H32FN5OS/c1-7-8-30-21-11-20(25)18(10-19(21)15(2)12-24(30,5)6)13-26-29-22(31)14-32-23-27-16(3)9-17(4)28-23/h9-11,13,15H,7-8,12,14H2,1-6H3,(H,29,31)/b26-13-. The number of hydrogen-bond donors (Lipinski definition) is 1. The van der Waals surface area contributed by atoms with Crippen LogP contribution in [0.15, 0.2) is 28.5 Å². The minimum Gasteiger partial charge on any atom is -0.366 e. The molecule has 2 heterocycles. The van der Waals surface area contributed by atoms with Gasteiger partial charge in [-0.05, 0) is 70.2 Å². The van der Waals surface area contributed by atoms with Gasteiger partial charge in [0.1, 0.15) is 5.82 Å². The summed E-state index contributed by atoms with van der Waals surface area (Å²) in [6, 6.07) is 5.35. The first kappa shape index (κ1) is 24.2. The third kappa shape index (κ3) is 5.65. The molecule has 0 fully saturated rings. The maximum absolute atomic E-state index is 14.9. The number of anilines is 1. The summed E-state index contributed by atoms with van der Waals surface area (Å²) in [5.41, 5.74) is 6.62. The van der Waals surface area contributed by atoms with Gasteiger partial charge in [-0.3, -0.25) is 4.79 Å². The molecule has 2 aromatic rings. The van der Waals surface area contributed by atoms with E-state index in [0.717, 1.165) is 42.0 Å². The van der Waals surface area contributed by atoms with E-state index in [2.05, 4.69) is 53.1 Å². The Morgan fingerprint density at radius 3 is 2.66 bits per heavy atom. The number of nitrogens with zero attached hydrogens (tertiary/aromatic N) is 4. The maximum Gasteiger partial charge on any atom is 0.250 e. The highest BCUT2D eigenvalue weighted by Crippen LogP contribution is 2.44. The molecule has 172 valence electrons. The zero-order valence-electron chi connectivity index (χ0n) is 19.7. The van der Waals surface area contributed by atoms with Gasteiger partial charge in [-0.1, -0.05) is 25.6 Å². The van der Waals surface area contributed by atoms with Crippen molar-refractivity contribution in [3.63, 3.8) is 0 Å². The first-order valence-electron chi connectivity index (χ1n) is 11.0. The number of amides is 1. The molecule has 6 nitrogen and oxygen atoms in total. The second-order valence-electron chi connectivity index (χ2n) is 9.02. The predicted molar refractivity (Wildman–Crippen MR) is 129 cm³/mol. The molecule has 1 aliphatic rings. The van der Waals surface area contributed by atoms with E-state index in [4.69, 9.17) is 0 Å². The average molecular weight is 458 g/mol. The van der Waals surface area contributed by atoms with E-state index in [9.17, 15) is 9.18 Å². The Kier molecular flexibility index (Phi) is 7.54. The number of nitrogens with one attached hydrogen (secondary N) is 1. The van der Waals surface area contributed by atoms with Crippen LogP contribution in [0.25, 0.3) is 0 Å². The lowest BCUT2D eigenvalue weighted by Crippen LogP contribution is -2.48. The molecule has 1 aromatic heterocycles. The van der Waals surface area contributed by atoms with Crippen LogP contribution < -0.4 is 10.3 Å². The molecule has 1 amide bonds. The Hall–Kier alpha value is -2.48. The van der Waals surface area contributed by atoms with Crippen LogP contribution in [0.1, 0.15) is 69.0 Å². The van der Waals surface area contributed by atoms with Gasteiger partial charge in [0.25, 0.3) is 5.91 Å². The Morgan fingerprint density at radius 1 is 1.31 bits per heavy atom. The summed E-state index contributed by atoms with van der Waals surface area (Å²) in [5, 5.41) is 4.53. The zero-order chi connectivity index (χ0) is 23.5. The number of hydrazone groups is 1. The number of aromatic nitrogens is 2. The molecule has 0 saturated carbocycles. The fourth-order valence-corrected chi connectivity index (χ4v) is 5.10. The molecule has 0 saturated heterocycles. The summed E-state index contributed by atoms with van der Waals surface area (Å²) in [7, 11) is 0. The molecule has 3 rings (SSSR count). The van der Waals surface area contributed by atoms with Gasteiger partial charge in [0.2, 0.25) is 0 Å². The zero-order valence-corrected chi connectivity index (χ0v) is 20.5. The average Bonchev–Trinajstić information content (AvgIpc) is 2.69. The van der Waals surface area contributed by atoms with E-state index in [0.29, 0.717) is 16.6 Å². The molecule has 0 radical (unpaired) electrons. The molecule has 1 N–H and O–H groups in total. The van der Waals surface area contributed by atoms with Crippen LogP contribution in [0, 0.1) is 19.7 Å². The number of aryl methyl sites for hydroxylation is 2. The van der Waals surface area contributed by atoms with Gasteiger partial charge in [-0.25, -0.2) is 19.8 Å². The molecule has 0 bridgehead atoms. The number of rotatable bonds is 7. The summed E-state index contributed by atoms with van der Waals surface area (Å²) >= 11 is 1.24. The van der Waals surface area contributed by atoms with Crippen molar-refractivity contribution in [2.45, 2.75) is 71.0 Å². The van der Waals surface area contributed by atoms with Crippen molar-refractivity contribution in [2.75, 3.05) is 17.2 Å². The highest BCUT2D eigenvalue weighted by atomic mass is 32.2. The molecule has 0 spiro atoms. The van der Waals surface area contributed by atoms with E-state index in [1.54, 1.807) is 6.07 Å². The first-order valence-corrected chi connectivity index (χ1v) is 12.0. The van der Waals surface area contributed by atoms with Crippen LogP contribution in [-0.4, -0.2) is 39.9 Å². The number of fused-ring (bicyclic) bond motifs is 1. The van der Waals surface area contributed by atoms with Crippen molar-refractivity contribution in [3.05, 3.63) is 46.5 Å². The quantitative estimate of drug-likeness (QED) is 0.275. The number of benzene rings is 1. The normalized spacial score (nSPS) is 17.5. The molecule has 0 aliphatic carbocycles. The van der Waals surface area contributed by atoms with E-state index in [-0.39, 0.29) is 23.0 Å². The van der Waals surface area contributed by atoms with Crippen LogP contribution in [0.4, 0.5) is 10.1 Å². The van der Waals surface area contributed by atoms with Crippen LogP contribution in [-0.2, 0) is 4.79 Å². The van der Waals surface area contributed by atoms with E-state index < -0.39 is 0 Å². The number of carbonyl (C=O) groups excluding carboxylic acids is 1. The molecule has 1 unspecified atom stereocenters. The fourth-order valence-electron chi connectivity index (χ4n) is 4.36. The van der Waals surface area contributed by atoms with Crippen LogP contribution in [0.5, 0.6) is 0 Å². The number of hydrogen-bond acceptors (Lipinski definition) is 6. The predicted octanol–water partition coefficient (Wildman–Crippen LogP) is 4.98. The summed E-state index contributed by atoms with van der Waals surface area (Å²) in [6.07, 6.45) is 3.37. The van der Waals surface area contributed by atoms with Gasteiger partial charge in [0, 0.05) is 34.7 Å². The molecule has 1 aliphatic heterocycles.